The van der Waals surface area contributed by atoms with E-state index in [0.29, 0.717) is 11.1 Å². The zero-order valence-corrected chi connectivity index (χ0v) is 14.0. The third-order valence-electron chi connectivity index (χ3n) is 7.76. The highest BCUT2D eigenvalue weighted by molar-refractivity contribution is 5.09. The largest absolute Gasteiger partial charge is 0.305 e. The normalized spacial score (nSPS) is 33.1. The fraction of sp³-hybridized carbons (Fsp3) is 1.00. The van der Waals surface area contributed by atoms with Crippen LogP contribution in [0.5, 0.6) is 0 Å². The molecule has 21 heavy (non-hydrogen) atoms. The van der Waals surface area contributed by atoms with Gasteiger partial charge in [0, 0.05) is 11.1 Å². The molecular weight excluding hydrogens is 254 g/mol. The summed E-state index contributed by atoms with van der Waals surface area (Å²) in [7, 11) is 0. The lowest BCUT2D eigenvalue weighted by Crippen LogP contribution is -2.61. The first kappa shape index (κ1) is 14.5. The van der Waals surface area contributed by atoms with Gasteiger partial charge in [0.05, 0.1) is 0 Å². The molecule has 0 aromatic heterocycles. The molecule has 4 fully saturated rings. The Bertz CT molecular complexity index is 303. The Balaban J connectivity index is 1.57. The Morgan fingerprint density at radius 3 is 1.14 bits per heavy atom. The monoisotopic (exact) mass is 289 g/mol. The van der Waals surface area contributed by atoms with Crippen molar-refractivity contribution < 1.29 is 0 Å². The van der Waals surface area contributed by atoms with Crippen LogP contribution >= 0.6 is 0 Å². The van der Waals surface area contributed by atoms with Crippen LogP contribution in [0.2, 0.25) is 0 Å². The highest BCUT2D eigenvalue weighted by Gasteiger charge is 2.50. The van der Waals surface area contributed by atoms with E-state index >= 15 is 0 Å². The molecule has 0 bridgehead atoms. The topological polar surface area (TPSA) is 12.0 Å². The van der Waals surface area contributed by atoms with Crippen molar-refractivity contribution in [2.45, 2.75) is 114 Å². The van der Waals surface area contributed by atoms with E-state index in [0.717, 1.165) is 11.8 Å². The van der Waals surface area contributed by atoms with Crippen LogP contribution in [-0.2, 0) is 0 Å². The van der Waals surface area contributed by atoms with E-state index < -0.39 is 0 Å². The lowest BCUT2D eigenvalue weighted by atomic mass is 9.74. The fourth-order valence-electron chi connectivity index (χ4n) is 6.74. The molecule has 1 heteroatoms. The Morgan fingerprint density at radius 1 is 0.476 bits per heavy atom. The number of nitrogens with one attached hydrogen (secondary N) is 1. The lowest BCUT2D eigenvalue weighted by molar-refractivity contribution is 0.1000. The first-order valence-electron chi connectivity index (χ1n) is 10.1. The van der Waals surface area contributed by atoms with Crippen LogP contribution in [0.25, 0.3) is 0 Å². The number of hydrogen-bond donors (Lipinski definition) is 1. The minimum Gasteiger partial charge on any atom is -0.305 e. The summed E-state index contributed by atoms with van der Waals surface area (Å²) >= 11 is 0. The molecule has 0 aliphatic heterocycles. The second kappa shape index (κ2) is 5.87. The smallest absolute Gasteiger partial charge is 0.0215 e. The van der Waals surface area contributed by atoms with Crippen molar-refractivity contribution >= 4 is 0 Å². The Morgan fingerprint density at radius 2 is 0.810 bits per heavy atom. The second-order valence-corrected chi connectivity index (χ2v) is 8.81. The van der Waals surface area contributed by atoms with Gasteiger partial charge in [0.1, 0.15) is 0 Å². The van der Waals surface area contributed by atoms with Crippen LogP contribution in [0.4, 0.5) is 0 Å². The first-order chi connectivity index (χ1) is 10.3. The minimum absolute atomic E-state index is 0.559. The standard InChI is InChI=1S/C20H35N/c1-2-10-17(9-1)19(13-5-6-14-19)21-20(15-7-8-16-20)18-11-3-4-12-18/h17-18,21H,1-16H2. The van der Waals surface area contributed by atoms with Crippen molar-refractivity contribution in [3.63, 3.8) is 0 Å². The molecule has 0 radical (unpaired) electrons. The van der Waals surface area contributed by atoms with Crippen molar-refractivity contribution in [2.24, 2.45) is 11.8 Å². The van der Waals surface area contributed by atoms with Gasteiger partial charge in [-0.1, -0.05) is 51.4 Å². The van der Waals surface area contributed by atoms with Gasteiger partial charge in [0.25, 0.3) is 0 Å². The van der Waals surface area contributed by atoms with E-state index in [2.05, 4.69) is 5.32 Å². The zero-order valence-electron chi connectivity index (χ0n) is 14.0. The summed E-state index contributed by atoms with van der Waals surface area (Å²) in [4.78, 5) is 0. The Labute approximate surface area is 131 Å². The molecule has 4 aliphatic carbocycles. The maximum Gasteiger partial charge on any atom is 0.0215 e. The minimum atomic E-state index is 0.559. The molecule has 0 heterocycles. The highest BCUT2D eigenvalue weighted by atomic mass is 15.1. The molecule has 4 rings (SSSR count). The van der Waals surface area contributed by atoms with Crippen LogP contribution in [0.15, 0.2) is 0 Å². The molecule has 1 N–H and O–H groups in total. The fourth-order valence-corrected chi connectivity index (χ4v) is 6.74. The molecule has 4 saturated carbocycles. The van der Waals surface area contributed by atoms with E-state index in [4.69, 9.17) is 0 Å². The molecule has 0 atom stereocenters. The molecule has 0 aromatic carbocycles. The van der Waals surface area contributed by atoms with Crippen LogP contribution in [-0.4, -0.2) is 11.1 Å². The highest BCUT2D eigenvalue weighted by Crippen LogP contribution is 2.50. The maximum absolute atomic E-state index is 4.49. The van der Waals surface area contributed by atoms with Crippen molar-refractivity contribution in [3.8, 4) is 0 Å². The summed E-state index contributed by atoms with van der Waals surface area (Å²) in [6.45, 7) is 0. The predicted octanol–water partition coefficient (Wildman–Crippen LogP) is 5.58. The Kier molecular flexibility index (Phi) is 4.07. The van der Waals surface area contributed by atoms with Gasteiger partial charge in [-0.2, -0.15) is 0 Å². The molecule has 0 spiro atoms. The molecular formula is C20H35N. The maximum atomic E-state index is 4.49. The molecule has 0 saturated heterocycles. The third kappa shape index (κ3) is 2.58. The van der Waals surface area contributed by atoms with Crippen LogP contribution in [0, 0.1) is 11.8 Å². The summed E-state index contributed by atoms with van der Waals surface area (Å²) in [6, 6.07) is 0. The Hall–Kier alpha value is -0.0400. The van der Waals surface area contributed by atoms with Crippen LogP contribution in [0.3, 0.4) is 0 Å². The van der Waals surface area contributed by atoms with E-state index in [1.165, 1.54) is 103 Å². The van der Waals surface area contributed by atoms with E-state index in [-0.39, 0.29) is 0 Å². The van der Waals surface area contributed by atoms with E-state index in [1.807, 2.05) is 0 Å². The van der Waals surface area contributed by atoms with Crippen molar-refractivity contribution in [2.75, 3.05) is 0 Å². The van der Waals surface area contributed by atoms with Crippen LogP contribution < -0.4 is 5.32 Å². The van der Waals surface area contributed by atoms with Gasteiger partial charge in [-0.15, -0.1) is 0 Å². The first-order valence-corrected chi connectivity index (χ1v) is 10.1. The van der Waals surface area contributed by atoms with Crippen LogP contribution in [0.1, 0.15) is 103 Å². The van der Waals surface area contributed by atoms with E-state index in [9.17, 15) is 0 Å². The summed E-state index contributed by atoms with van der Waals surface area (Å²) in [5.41, 5.74) is 1.12. The van der Waals surface area contributed by atoms with Gasteiger partial charge in [0.2, 0.25) is 0 Å². The number of hydrogen-bond acceptors (Lipinski definition) is 1. The van der Waals surface area contributed by atoms with Gasteiger partial charge in [-0.3, -0.25) is 0 Å². The zero-order chi connectivity index (χ0) is 14.2. The summed E-state index contributed by atoms with van der Waals surface area (Å²) in [5.74, 6) is 2.03. The molecule has 0 aromatic rings. The molecule has 0 amide bonds. The van der Waals surface area contributed by atoms with Gasteiger partial charge >= 0.3 is 0 Å². The molecule has 1 nitrogen and oxygen atoms in total. The predicted molar refractivity (Wildman–Crippen MR) is 89.4 cm³/mol. The second-order valence-electron chi connectivity index (χ2n) is 8.81. The third-order valence-corrected chi connectivity index (χ3v) is 7.76. The average Bonchev–Trinajstić information content (AvgIpc) is 3.29. The summed E-state index contributed by atoms with van der Waals surface area (Å²) < 4.78 is 0. The van der Waals surface area contributed by atoms with E-state index in [1.54, 1.807) is 0 Å². The SMILES string of the molecule is C1CCC(C2(NC3(C4CCCC4)CCCC3)CCCC2)C1. The van der Waals surface area contributed by atoms with Gasteiger partial charge in [-0.05, 0) is 63.2 Å². The van der Waals surface area contributed by atoms with Gasteiger partial charge < -0.3 is 5.32 Å². The number of rotatable bonds is 4. The summed E-state index contributed by atoms with van der Waals surface area (Å²) in [5, 5.41) is 4.49. The lowest BCUT2D eigenvalue weighted by Gasteiger charge is -2.48. The average molecular weight is 290 g/mol. The van der Waals surface area contributed by atoms with Gasteiger partial charge in [-0.25, -0.2) is 0 Å². The van der Waals surface area contributed by atoms with Crippen molar-refractivity contribution in [1.82, 2.24) is 5.32 Å². The molecule has 4 aliphatic rings. The summed E-state index contributed by atoms with van der Waals surface area (Å²) in [6.07, 6.45) is 24.0. The van der Waals surface area contributed by atoms with Crippen molar-refractivity contribution in [1.29, 1.82) is 0 Å². The van der Waals surface area contributed by atoms with Crippen molar-refractivity contribution in [3.05, 3.63) is 0 Å². The van der Waals surface area contributed by atoms with Gasteiger partial charge in [0.15, 0.2) is 0 Å². The molecule has 0 unspecified atom stereocenters. The molecule has 120 valence electrons. The quantitative estimate of drug-likeness (QED) is 0.712.